The Morgan fingerprint density at radius 3 is 1.67 bits per heavy atom. The number of aromatic amines is 1. The van der Waals surface area contributed by atoms with Crippen molar-refractivity contribution in [2.75, 3.05) is 39.3 Å². The Labute approximate surface area is 549 Å². The number of amides is 13. The summed E-state index contributed by atoms with van der Waals surface area (Å²) >= 11 is 0. The quantitative estimate of drug-likeness (QED) is 0.0167. The van der Waals surface area contributed by atoms with Crippen LogP contribution in [0.4, 0.5) is 0 Å². The maximum atomic E-state index is 14.3. The SMILES string of the molecule is CC(=O)N[C@H](C(=O)NCC(=O)N1CCC[C@H]1C(=O)N[C@@H](CC(N)=O)C(=O)N[C@@H](CC(C)C)C(=O)N[C@@H](Cc1cnc[nH]1)C(=O)NCC(=O)N[C@@H](CC(C)C)C(=O)N[C@@H](Cc1ccccc1)C(=O)NCC(=O)N[C@@H](CCCN=C(N)N)C(=O)N[C@@H](CCCCN)C(=O)O)[C@@H](C)O. The van der Waals surface area contributed by atoms with Crippen molar-refractivity contribution in [3.63, 3.8) is 0 Å². The number of nitrogens with one attached hydrogen (secondary N) is 12. The lowest BCUT2D eigenvalue weighted by atomic mass is 10.0. The van der Waals surface area contributed by atoms with Crippen LogP contribution in [0.25, 0.3) is 0 Å². The molecule has 13 amide bonds. The molecule has 1 aromatic carbocycles. The minimum atomic E-state index is -1.68. The number of aliphatic imine (C=N–C) groups is 1. The number of guanidine groups is 1. The van der Waals surface area contributed by atoms with Crippen LogP contribution in [0.3, 0.4) is 0 Å². The van der Waals surface area contributed by atoms with E-state index < -0.39 is 169 Å². The predicted octanol–water partition coefficient (Wildman–Crippen LogP) is -5.95. The number of carboxylic acids is 1. The number of nitrogens with two attached hydrogens (primary N) is 4. The molecule has 1 aliphatic heterocycles. The van der Waals surface area contributed by atoms with E-state index in [4.69, 9.17) is 22.9 Å². The number of aliphatic hydroxyl groups excluding tert-OH is 1. The molecule has 0 saturated carbocycles. The van der Waals surface area contributed by atoms with Crippen molar-refractivity contribution in [2.24, 2.45) is 39.8 Å². The summed E-state index contributed by atoms with van der Waals surface area (Å²) in [6, 6.07) is -3.86. The average Bonchev–Trinajstić information content (AvgIpc) is 1.88. The van der Waals surface area contributed by atoms with Gasteiger partial charge in [-0.3, -0.25) is 67.3 Å². The fourth-order valence-corrected chi connectivity index (χ4v) is 9.99. The summed E-state index contributed by atoms with van der Waals surface area (Å²) in [5.74, 6) is -13.2. The van der Waals surface area contributed by atoms with Gasteiger partial charge in [0.2, 0.25) is 76.8 Å². The van der Waals surface area contributed by atoms with Gasteiger partial charge in [0.15, 0.2) is 5.96 Å². The topological polar surface area (TPSA) is 560 Å². The van der Waals surface area contributed by atoms with Gasteiger partial charge in [0.25, 0.3) is 0 Å². The summed E-state index contributed by atoms with van der Waals surface area (Å²) in [6.45, 7) is 7.75. The molecule has 3 rings (SSSR count). The van der Waals surface area contributed by atoms with Crippen LogP contribution < -0.4 is 81.4 Å². The highest BCUT2D eigenvalue weighted by Crippen LogP contribution is 2.19. The van der Waals surface area contributed by atoms with Gasteiger partial charge in [-0.05, 0) is 88.7 Å². The van der Waals surface area contributed by atoms with Crippen LogP contribution in [-0.4, -0.2) is 214 Å². The van der Waals surface area contributed by atoms with Crippen molar-refractivity contribution in [3.05, 3.63) is 54.1 Å². The van der Waals surface area contributed by atoms with Crippen molar-refractivity contribution >= 4 is 88.7 Å². The fraction of sp³-hybridized carbons (Fsp3) is 0.600. The van der Waals surface area contributed by atoms with Gasteiger partial charge in [-0.2, -0.15) is 0 Å². The monoisotopic (exact) mass is 1340 g/mol. The second-order valence-electron chi connectivity index (χ2n) is 23.8. The lowest BCUT2D eigenvalue weighted by Crippen LogP contribution is -2.59. The molecule has 95 heavy (non-hydrogen) atoms. The van der Waals surface area contributed by atoms with Gasteiger partial charge in [0, 0.05) is 44.7 Å². The van der Waals surface area contributed by atoms with Crippen LogP contribution in [-0.2, 0) is 80.0 Å². The fourth-order valence-electron chi connectivity index (χ4n) is 9.99. The summed E-state index contributed by atoms with van der Waals surface area (Å²) in [4.78, 5) is 199. The molecule has 0 unspecified atom stereocenters. The number of imidazole rings is 1. The van der Waals surface area contributed by atoms with Gasteiger partial charge < -0.3 is 102 Å². The average molecular weight is 1340 g/mol. The van der Waals surface area contributed by atoms with Crippen molar-refractivity contribution < 1.29 is 77.3 Å². The minimum Gasteiger partial charge on any atom is -0.480 e. The van der Waals surface area contributed by atoms with Crippen LogP contribution >= 0.6 is 0 Å². The van der Waals surface area contributed by atoms with Gasteiger partial charge in [0.1, 0.15) is 54.4 Å². The van der Waals surface area contributed by atoms with Gasteiger partial charge >= 0.3 is 5.97 Å². The number of aliphatic hydroxyl groups is 1. The number of nitrogens with zero attached hydrogens (tertiary/aromatic N) is 3. The first-order valence-electron chi connectivity index (χ1n) is 31.3. The van der Waals surface area contributed by atoms with Gasteiger partial charge in [-0.15, -0.1) is 0 Å². The second-order valence-corrected chi connectivity index (χ2v) is 23.8. The largest absolute Gasteiger partial charge is 0.480 e. The molecule has 35 nitrogen and oxygen atoms in total. The maximum absolute atomic E-state index is 14.3. The molecular formula is C60H95N19O16. The highest BCUT2D eigenvalue weighted by molar-refractivity contribution is 5.99. The van der Waals surface area contributed by atoms with Crippen molar-refractivity contribution in [2.45, 2.75) is 179 Å². The first-order valence-corrected chi connectivity index (χ1v) is 31.3. The lowest BCUT2D eigenvalue weighted by Gasteiger charge is -2.28. The Morgan fingerprint density at radius 2 is 1.15 bits per heavy atom. The first kappa shape index (κ1) is 79.4. The highest BCUT2D eigenvalue weighted by Gasteiger charge is 2.39. The van der Waals surface area contributed by atoms with Crippen LogP contribution in [0.15, 0.2) is 47.8 Å². The molecule has 0 bridgehead atoms. The van der Waals surface area contributed by atoms with Crippen LogP contribution in [0, 0.1) is 11.8 Å². The highest BCUT2D eigenvalue weighted by atomic mass is 16.4. The van der Waals surface area contributed by atoms with E-state index in [2.05, 4.69) is 73.4 Å². The molecule has 0 radical (unpaired) electrons. The number of carbonyl (C=O) groups is 14. The van der Waals surface area contributed by atoms with Crippen LogP contribution in [0.2, 0.25) is 0 Å². The summed E-state index contributed by atoms with van der Waals surface area (Å²) in [5, 5.41) is 47.1. The molecule has 1 fully saturated rings. The van der Waals surface area contributed by atoms with E-state index in [1.807, 2.05) is 0 Å². The summed E-state index contributed by atoms with van der Waals surface area (Å²) in [7, 11) is 0. The zero-order valence-electron chi connectivity index (χ0n) is 54.5. The van der Waals surface area contributed by atoms with E-state index in [-0.39, 0.29) is 82.3 Å². The van der Waals surface area contributed by atoms with Crippen LogP contribution in [0.5, 0.6) is 0 Å². The molecule has 35 heteroatoms. The Kier molecular flexibility index (Phi) is 34.3. The number of unbranched alkanes of at least 4 members (excludes halogenated alkanes) is 1. The Bertz CT molecular complexity index is 2960. The predicted molar refractivity (Wildman–Crippen MR) is 342 cm³/mol. The normalized spacial score (nSPS) is 15.5. The third-order valence-electron chi connectivity index (χ3n) is 14.7. The first-order chi connectivity index (χ1) is 44.9. The number of carbonyl (C=O) groups excluding carboxylic acids is 13. The summed E-state index contributed by atoms with van der Waals surface area (Å²) < 4.78 is 0. The summed E-state index contributed by atoms with van der Waals surface area (Å²) in [6.07, 6.45) is 1.84. The number of hydrogen-bond donors (Lipinski definition) is 18. The Morgan fingerprint density at radius 1 is 0.621 bits per heavy atom. The molecular weight excluding hydrogens is 1240 g/mol. The van der Waals surface area contributed by atoms with Crippen molar-refractivity contribution in [3.8, 4) is 0 Å². The molecule has 526 valence electrons. The third kappa shape index (κ3) is 29.8. The maximum Gasteiger partial charge on any atom is 0.326 e. The van der Waals surface area contributed by atoms with E-state index in [0.29, 0.717) is 37.1 Å². The Hall–Kier alpha value is -9.80. The van der Waals surface area contributed by atoms with Gasteiger partial charge in [0.05, 0.1) is 38.5 Å². The number of H-pyrrole nitrogens is 1. The van der Waals surface area contributed by atoms with E-state index in [1.54, 1.807) is 58.0 Å². The molecule has 0 spiro atoms. The molecule has 1 aromatic heterocycles. The van der Waals surface area contributed by atoms with E-state index in [9.17, 15) is 77.3 Å². The standard InChI is InChI=1S/C60H95N19O16/c1-32(2)22-40(54(89)76-42(24-36-14-8-7-9-15-36)51(86)67-28-47(83)72-38(17-12-20-66-60(63)64)53(88)74-39(59(94)95)16-10-11-19-61)73-48(84)29-68-52(87)43(25-37-27-65-31-70-37)77-55(90)41(23-33(3)4)75-56(91)44(26-46(62)82)78-57(92)45-18-13-21-79(45)49(85)30-69-58(93)50(34(5)80)71-35(6)81/h7-9,14-15,27,31-34,38-45,50,80H,10-13,16-26,28-30,61H2,1-6H3,(H2,62,82)(H,65,70)(H,67,86)(H,68,87)(H,69,93)(H,71,81)(H,72,83)(H,73,84)(H,74,88)(H,75,91)(H,76,89)(H,77,90)(H,78,92)(H,94,95)(H4,63,64,66)/t34-,38+,39+,40+,41+,42+,43+,44+,45+,50+/m1/s1. The molecule has 1 saturated heterocycles. The molecule has 2 heterocycles. The summed E-state index contributed by atoms with van der Waals surface area (Å²) in [5.41, 5.74) is 22.9. The number of primary amides is 1. The Balaban J connectivity index is 1.77. The zero-order valence-corrected chi connectivity index (χ0v) is 54.5. The number of rotatable bonds is 42. The zero-order chi connectivity index (χ0) is 70.9. The number of benzene rings is 1. The second kappa shape index (κ2) is 41.0. The van der Waals surface area contributed by atoms with Gasteiger partial charge in [-0.1, -0.05) is 58.0 Å². The van der Waals surface area contributed by atoms with Crippen molar-refractivity contribution in [1.29, 1.82) is 0 Å². The third-order valence-corrected chi connectivity index (χ3v) is 14.7. The number of aliphatic carboxylic acids is 1. The van der Waals surface area contributed by atoms with Crippen LogP contribution in [0.1, 0.15) is 117 Å². The lowest BCUT2D eigenvalue weighted by molar-refractivity contribution is -0.142. The molecule has 10 atom stereocenters. The van der Waals surface area contributed by atoms with Gasteiger partial charge in [-0.25, -0.2) is 9.78 Å². The smallest absolute Gasteiger partial charge is 0.326 e. The number of hydrogen-bond acceptors (Lipinski definition) is 18. The molecule has 0 aliphatic carbocycles. The van der Waals surface area contributed by atoms with E-state index in [0.717, 1.165) is 11.8 Å². The molecule has 1 aliphatic rings. The van der Waals surface area contributed by atoms with E-state index >= 15 is 0 Å². The minimum absolute atomic E-state index is 0.0244. The molecule has 22 N–H and O–H groups in total. The van der Waals surface area contributed by atoms with E-state index in [1.165, 1.54) is 19.4 Å². The number of aromatic nitrogens is 2. The van der Waals surface area contributed by atoms with Crippen molar-refractivity contribution in [1.82, 2.24) is 73.4 Å². The number of carboxylic acid groups (broad SMARTS) is 1. The number of likely N-dealkylation sites (tertiary alicyclic amines) is 1. The molecule has 2 aromatic rings.